The Kier molecular flexibility index (Phi) is 17.0. The molecule has 0 aliphatic rings. The lowest BCUT2D eigenvalue weighted by molar-refractivity contribution is -0.955. The van der Waals surface area contributed by atoms with E-state index in [1.807, 2.05) is 60.7 Å². The normalized spacial score (nSPS) is 13.2. The number of hydrogen-bond acceptors (Lipinski definition) is 3. The fourth-order valence-electron chi connectivity index (χ4n) is 5.75. The Morgan fingerprint density at radius 1 is 0.564 bits per heavy atom. The Hall–Kier alpha value is -1.98. The number of benzene rings is 2. The Bertz CT molecular complexity index is 772. The summed E-state index contributed by atoms with van der Waals surface area (Å²) in [5.41, 5.74) is 0. The van der Waals surface area contributed by atoms with Crippen molar-refractivity contribution in [3.05, 3.63) is 60.7 Å². The van der Waals surface area contributed by atoms with Crippen molar-refractivity contribution >= 4 is 7.32 Å². The van der Waals surface area contributed by atoms with Crippen LogP contribution in [0, 0.1) is 0 Å². The highest BCUT2D eigenvalue weighted by Crippen LogP contribution is 2.30. The SMILES string of the molecule is CCCCCC(OB(Oc1ccccc1)Oc1ccccc1)C(CCC)[N+](CCCC)(CCCC)CCCC. The largest absolute Gasteiger partial charge is 0.788 e. The molecular formula is C34H57BNO3+. The molecule has 5 heteroatoms. The first-order chi connectivity index (χ1) is 19.1. The number of hydrogen-bond donors (Lipinski definition) is 0. The van der Waals surface area contributed by atoms with E-state index in [2.05, 4.69) is 34.6 Å². The summed E-state index contributed by atoms with van der Waals surface area (Å²) in [6.45, 7) is 15.3. The Morgan fingerprint density at radius 3 is 1.44 bits per heavy atom. The van der Waals surface area contributed by atoms with Crippen molar-refractivity contribution in [3.63, 3.8) is 0 Å². The van der Waals surface area contributed by atoms with Crippen LogP contribution in [0.25, 0.3) is 0 Å². The molecule has 0 N–H and O–H groups in total. The number of unbranched alkanes of at least 4 members (excludes halogenated alkanes) is 5. The molecule has 2 unspecified atom stereocenters. The molecule has 0 bridgehead atoms. The summed E-state index contributed by atoms with van der Waals surface area (Å²) in [4.78, 5) is 0. The van der Waals surface area contributed by atoms with Crippen LogP contribution in [0.15, 0.2) is 60.7 Å². The van der Waals surface area contributed by atoms with Crippen molar-refractivity contribution in [1.29, 1.82) is 0 Å². The summed E-state index contributed by atoms with van der Waals surface area (Å²) in [5, 5.41) is 0. The van der Waals surface area contributed by atoms with Gasteiger partial charge < -0.3 is 18.4 Å². The van der Waals surface area contributed by atoms with Gasteiger partial charge in [-0.15, -0.1) is 0 Å². The minimum absolute atomic E-state index is 0.0690. The number of quaternary nitrogens is 1. The molecule has 4 nitrogen and oxygen atoms in total. The fraction of sp³-hybridized carbons (Fsp3) is 0.647. The minimum Gasteiger partial charge on any atom is -0.501 e. The highest BCUT2D eigenvalue weighted by molar-refractivity contribution is 6.38. The van der Waals surface area contributed by atoms with Crippen LogP contribution in [0.3, 0.4) is 0 Å². The zero-order valence-electron chi connectivity index (χ0n) is 25.8. The van der Waals surface area contributed by atoms with Crippen LogP contribution in [-0.2, 0) is 4.65 Å². The fourth-order valence-corrected chi connectivity index (χ4v) is 5.75. The van der Waals surface area contributed by atoms with E-state index in [4.69, 9.17) is 14.0 Å². The second-order valence-electron chi connectivity index (χ2n) is 11.1. The van der Waals surface area contributed by atoms with Gasteiger partial charge in [0.2, 0.25) is 0 Å². The minimum atomic E-state index is -0.800. The topological polar surface area (TPSA) is 27.7 Å². The summed E-state index contributed by atoms with van der Waals surface area (Å²) in [7, 11) is -0.800. The van der Waals surface area contributed by atoms with Gasteiger partial charge in [-0.3, -0.25) is 0 Å². The van der Waals surface area contributed by atoms with E-state index in [0.717, 1.165) is 30.8 Å². The van der Waals surface area contributed by atoms with Gasteiger partial charge in [-0.05, 0) is 49.9 Å². The highest BCUT2D eigenvalue weighted by atomic mass is 16.7. The predicted molar refractivity (Wildman–Crippen MR) is 167 cm³/mol. The van der Waals surface area contributed by atoms with Crippen LogP contribution in [0.4, 0.5) is 0 Å². The molecule has 2 rings (SSSR count). The average molecular weight is 539 g/mol. The van der Waals surface area contributed by atoms with E-state index in [1.165, 1.54) is 81.9 Å². The average Bonchev–Trinajstić information content (AvgIpc) is 2.96. The van der Waals surface area contributed by atoms with Crippen molar-refractivity contribution in [1.82, 2.24) is 0 Å². The predicted octanol–water partition coefficient (Wildman–Crippen LogP) is 9.48. The third-order valence-electron chi connectivity index (χ3n) is 7.92. The molecule has 0 aliphatic carbocycles. The monoisotopic (exact) mass is 538 g/mol. The summed E-state index contributed by atoms with van der Waals surface area (Å²) in [5.74, 6) is 1.53. The number of nitrogens with zero attached hydrogens (tertiary/aromatic N) is 1. The maximum Gasteiger partial charge on any atom is 0.788 e. The lowest BCUT2D eigenvalue weighted by Gasteiger charge is -2.48. The second kappa shape index (κ2) is 20.0. The van der Waals surface area contributed by atoms with Crippen molar-refractivity contribution in [2.45, 2.75) is 124 Å². The van der Waals surface area contributed by atoms with Crippen LogP contribution in [-0.4, -0.2) is 43.6 Å². The quantitative estimate of drug-likeness (QED) is 0.0801. The molecule has 2 aromatic rings. The number of rotatable bonds is 23. The van der Waals surface area contributed by atoms with Crippen molar-refractivity contribution in [2.75, 3.05) is 19.6 Å². The number of para-hydroxylation sites is 2. The van der Waals surface area contributed by atoms with Gasteiger partial charge >= 0.3 is 7.32 Å². The zero-order valence-corrected chi connectivity index (χ0v) is 25.8. The maximum atomic E-state index is 7.01. The Morgan fingerprint density at radius 2 is 1.03 bits per heavy atom. The third kappa shape index (κ3) is 12.0. The molecule has 0 saturated carbocycles. The molecule has 0 fully saturated rings. The Labute approximate surface area is 241 Å². The van der Waals surface area contributed by atoms with Gasteiger partial charge in [-0.2, -0.15) is 0 Å². The molecule has 218 valence electrons. The molecule has 0 aromatic heterocycles. The summed E-state index contributed by atoms with van der Waals surface area (Å²) < 4.78 is 21.0. The van der Waals surface area contributed by atoms with Crippen LogP contribution in [0.1, 0.15) is 112 Å². The smallest absolute Gasteiger partial charge is 0.501 e. The maximum absolute atomic E-state index is 7.01. The first kappa shape index (κ1) is 33.2. The molecule has 0 aliphatic heterocycles. The summed E-state index contributed by atoms with van der Waals surface area (Å²) in [6.07, 6.45) is 14.5. The van der Waals surface area contributed by atoms with Crippen LogP contribution in [0.5, 0.6) is 11.5 Å². The van der Waals surface area contributed by atoms with Crippen LogP contribution in [0.2, 0.25) is 0 Å². The molecular weight excluding hydrogens is 481 g/mol. The van der Waals surface area contributed by atoms with Gasteiger partial charge in [0.15, 0.2) is 0 Å². The lowest BCUT2D eigenvalue weighted by Crippen LogP contribution is -2.62. The first-order valence-corrected chi connectivity index (χ1v) is 16.1. The van der Waals surface area contributed by atoms with Crippen molar-refractivity contribution in [3.8, 4) is 11.5 Å². The van der Waals surface area contributed by atoms with E-state index in [9.17, 15) is 0 Å². The third-order valence-corrected chi connectivity index (χ3v) is 7.92. The lowest BCUT2D eigenvalue weighted by atomic mass is 9.92. The van der Waals surface area contributed by atoms with Crippen LogP contribution >= 0.6 is 0 Å². The molecule has 0 heterocycles. The first-order valence-electron chi connectivity index (χ1n) is 16.1. The van der Waals surface area contributed by atoms with E-state index in [0.29, 0.717) is 6.04 Å². The molecule has 39 heavy (non-hydrogen) atoms. The molecule has 0 saturated heterocycles. The molecule has 0 radical (unpaired) electrons. The van der Waals surface area contributed by atoms with Gasteiger partial charge in [0.05, 0.1) is 25.7 Å². The van der Waals surface area contributed by atoms with Gasteiger partial charge in [0, 0.05) is 6.42 Å². The van der Waals surface area contributed by atoms with E-state index in [-0.39, 0.29) is 6.10 Å². The summed E-state index contributed by atoms with van der Waals surface area (Å²) >= 11 is 0. The summed E-state index contributed by atoms with van der Waals surface area (Å²) in [6, 6.07) is 20.3. The molecule has 2 atom stereocenters. The van der Waals surface area contributed by atoms with Gasteiger partial charge in [0.25, 0.3) is 0 Å². The molecule has 0 amide bonds. The van der Waals surface area contributed by atoms with Gasteiger partial charge in [0.1, 0.15) is 17.5 Å². The van der Waals surface area contributed by atoms with Crippen molar-refractivity contribution < 1.29 is 18.4 Å². The van der Waals surface area contributed by atoms with E-state index in [1.54, 1.807) is 0 Å². The zero-order chi connectivity index (χ0) is 28.2. The van der Waals surface area contributed by atoms with Crippen LogP contribution < -0.4 is 9.31 Å². The molecule has 2 aromatic carbocycles. The van der Waals surface area contributed by atoms with Gasteiger partial charge in [-0.25, -0.2) is 0 Å². The Balaban J connectivity index is 2.47. The second-order valence-corrected chi connectivity index (χ2v) is 11.1. The van der Waals surface area contributed by atoms with E-state index < -0.39 is 7.32 Å². The standard InChI is InChI=1S/C34H57BNO3/c1-6-11-17-27-34(33(22-10-5)36(28-12-7-2,29-13-8-3)30-14-9-4)39-35(37-31-23-18-15-19-24-31)38-32-25-20-16-21-26-32/h15-16,18-21,23-26,33-34H,6-14,17,22,27-30H2,1-5H3/q+1. The van der Waals surface area contributed by atoms with Gasteiger partial charge in [-0.1, -0.05) is 116 Å². The highest BCUT2D eigenvalue weighted by Gasteiger charge is 2.44. The molecule has 0 spiro atoms. The van der Waals surface area contributed by atoms with E-state index >= 15 is 0 Å². The van der Waals surface area contributed by atoms with Crippen molar-refractivity contribution in [2.24, 2.45) is 0 Å².